The maximum absolute atomic E-state index is 12.5. The average Bonchev–Trinajstić information content (AvgIpc) is 3.38. The molecule has 1 N–H and O–H groups in total. The molecule has 6 nitrogen and oxygen atoms in total. The molecule has 0 unspecified atom stereocenters. The number of aromatic nitrogens is 3. The normalized spacial score (nSPS) is 15.0. The van der Waals surface area contributed by atoms with Crippen molar-refractivity contribution < 1.29 is 9.53 Å². The van der Waals surface area contributed by atoms with Crippen molar-refractivity contribution in [2.24, 2.45) is 0 Å². The van der Waals surface area contributed by atoms with E-state index in [-0.39, 0.29) is 11.2 Å². The highest BCUT2D eigenvalue weighted by molar-refractivity contribution is 8.00. The maximum atomic E-state index is 12.5. The average molecular weight is 360 g/mol. The molecule has 3 rings (SSSR count). The van der Waals surface area contributed by atoms with Crippen LogP contribution < -0.4 is 10.1 Å². The van der Waals surface area contributed by atoms with Crippen LogP contribution in [0.25, 0.3) is 0 Å². The lowest BCUT2D eigenvalue weighted by Gasteiger charge is -2.13. The standard InChI is InChI=1S/C18H24N4O2S/c1-4-22-16(13-6-7-13)20-21-18(22)25-12(3)17(23)19-14-8-10-15(11-9-14)24-5-2/h8-13H,4-7H2,1-3H3,(H,19,23)/t12-/m0/s1. The second kappa shape index (κ2) is 7.91. The molecule has 134 valence electrons. The van der Waals surface area contributed by atoms with Gasteiger partial charge in [0.05, 0.1) is 11.9 Å². The van der Waals surface area contributed by atoms with Gasteiger partial charge in [0.25, 0.3) is 0 Å². The topological polar surface area (TPSA) is 69.0 Å². The first-order valence-electron chi connectivity index (χ1n) is 8.75. The van der Waals surface area contributed by atoms with Crippen LogP contribution in [0.1, 0.15) is 45.4 Å². The van der Waals surface area contributed by atoms with Crippen molar-refractivity contribution in [1.29, 1.82) is 0 Å². The van der Waals surface area contributed by atoms with Crippen molar-refractivity contribution >= 4 is 23.4 Å². The summed E-state index contributed by atoms with van der Waals surface area (Å²) in [6, 6.07) is 7.40. The number of hydrogen-bond donors (Lipinski definition) is 1. The monoisotopic (exact) mass is 360 g/mol. The number of thioether (sulfide) groups is 1. The zero-order valence-electron chi connectivity index (χ0n) is 14.9. The van der Waals surface area contributed by atoms with Crippen LogP contribution in [0.5, 0.6) is 5.75 Å². The second-order valence-electron chi connectivity index (χ2n) is 6.07. The van der Waals surface area contributed by atoms with E-state index in [1.54, 1.807) is 0 Å². The molecule has 1 heterocycles. The highest BCUT2D eigenvalue weighted by Gasteiger charge is 2.30. The van der Waals surface area contributed by atoms with Crippen molar-refractivity contribution in [2.45, 2.75) is 56.5 Å². The van der Waals surface area contributed by atoms with Crippen LogP contribution in [-0.2, 0) is 11.3 Å². The minimum absolute atomic E-state index is 0.0483. The Morgan fingerprint density at radius 1 is 1.32 bits per heavy atom. The molecular weight excluding hydrogens is 336 g/mol. The van der Waals surface area contributed by atoms with Gasteiger partial charge in [-0.05, 0) is 57.9 Å². The highest BCUT2D eigenvalue weighted by Crippen LogP contribution is 2.40. The van der Waals surface area contributed by atoms with Crippen LogP contribution >= 0.6 is 11.8 Å². The number of ether oxygens (including phenoxy) is 1. The summed E-state index contributed by atoms with van der Waals surface area (Å²) in [5.41, 5.74) is 0.761. The van der Waals surface area contributed by atoms with Crippen LogP contribution in [0.3, 0.4) is 0 Å². The highest BCUT2D eigenvalue weighted by atomic mass is 32.2. The van der Waals surface area contributed by atoms with E-state index in [9.17, 15) is 4.79 Å². The van der Waals surface area contributed by atoms with Gasteiger partial charge in [0, 0.05) is 18.2 Å². The molecule has 0 bridgehead atoms. The van der Waals surface area contributed by atoms with Gasteiger partial charge in [0.1, 0.15) is 11.6 Å². The molecule has 25 heavy (non-hydrogen) atoms. The molecule has 0 aliphatic heterocycles. The lowest BCUT2D eigenvalue weighted by molar-refractivity contribution is -0.115. The molecule has 1 amide bonds. The van der Waals surface area contributed by atoms with Crippen LogP contribution in [0.4, 0.5) is 5.69 Å². The zero-order chi connectivity index (χ0) is 17.8. The van der Waals surface area contributed by atoms with E-state index in [2.05, 4.69) is 27.0 Å². The van der Waals surface area contributed by atoms with Gasteiger partial charge in [-0.15, -0.1) is 10.2 Å². The molecule has 0 radical (unpaired) electrons. The van der Waals surface area contributed by atoms with Crippen LogP contribution in [0, 0.1) is 0 Å². The third kappa shape index (κ3) is 4.34. The lowest BCUT2D eigenvalue weighted by Crippen LogP contribution is -2.23. The Balaban J connectivity index is 1.60. The van der Waals surface area contributed by atoms with Gasteiger partial charge in [0.15, 0.2) is 5.16 Å². The fourth-order valence-corrected chi connectivity index (χ4v) is 3.50. The van der Waals surface area contributed by atoms with E-state index in [1.807, 2.05) is 38.1 Å². The predicted octanol–water partition coefficient (Wildman–Crippen LogP) is 3.69. The number of anilines is 1. The zero-order valence-corrected chi connectivity index (χ0v) is 15.7. The smallest absolute Gasteiger partial charge is 0.237 e. The number of nitrogens with zero attached hydrogens (tertiary/aromatic N) is 3. The first-order chi connectivity index (χ1) is 12.1. The molecule has 1 aromatic carbocycles. The Morgan fingerprint density at radius 2 is 2.04 bits per heavy atom. The molecule has 0 spiro atoms. The molecule has 1 aliphatic rings. The molecule has 1 aliphatic carbocycles. The Morgan fingerprint density at radius 3 is 2.64 bits per heavy atom. The molecule has 1 aromatic heterocycles. The third-order valence-corrected chi connectivity index (χ3v) is 5.17. The fraction of sp³-hybridized carbons (Fsp3) is 0.500. The number of rotatable bonds is 8. The van der Waals surface area contributed by atoms with Gasteiger partial charge in [-0.1, -0.05) is 11.8 Å². The van der Waals surface area contributed by atoms with Crippen molar-refractivity contribution in [2.75, 3.05) is 11.9 Å². The molecule has 7 heteroatoms. The summed E-state index contributed by atoms with van der Waals surface area (Å²) < 4.78 is 7.54. The summed E-state index contributed by atoms with van der Waals surface area (Å²) in [5.74, 6) is 2.36. The van der Waals surface area contributed by atoms with Gasteiger partial charge in [-0.3, -0.25) is 4.79 Å². The van der Waals surface area contributed by atoms with Crippen molar-refractivity contribution in [3.8, 4) is 5.75 Å². The summed E-state index contributed by atoms with van der Waals surface area (Å²) in [6.07, 6.45) is 2.38. The summed E-state index contributed by atoms with van der Waals surface area (Å²) >= 11 is 1.45. The Kier molecular flexibility index (Phi) is 5.63. The van der Waals surface area contributed by atoms with Crippen LogP contribution in [0.15, 0.2) is 29.4 Å². The van der Waals surface area contributed by atoms with Gasteiger partial charge in [-0.2, -0.15) is 0 Å². The number of carbonyl (C=O) groups is 1. The number of hydrogen-bond acceptors (Lipinski definition) is 5. The van der Waals surface area contributed by atoms with Gasteiger partial charge >= 0.3 is 0 Å². The van der Waals surface area contributed by atoms with E-state index < -0.39 is 0 Å². The summed E-state index contributed by atoms with van der Waals surface area (Å²) in [6.45, 7) is 7.37. The quantitative estimate of drug-likeness (QED) is 0.727. The van der Waals surface area contributed by atoms with Gasteiger partial charge in [0.2, 0.25) is 5.91 Å². The molecule has 1 fully saturated rings. The summed E-state index contributed by atoms with van der Waals surface area (Å²) in [5, 5.41) is 12.1. The van der Waals surface area contributed by atoms with E-state index in [0.29, 0.717) is 12.5 Å². The molecule has 1 saturated carbocycles. The van der Waals surface area contributed by atoms with E-state index in [1.165, 1.54) is 24.6 Å². The van der Waals surface area contributed by atoms with Crippen molar-refractivity contribution in [3.05, 3.63) is 30.1 Å². The van der Waals surface area contributed by atoms with Crippen molar-refractivity contribution in [1.82, 2.24) is 14.8 Å². The molecule has 0 saturated heterocycles. The minimum Gasteiger partial charge on any atom is -0.494 e. The van der Waals surface area contributed by atoms with E-state index >= 15 is 0 Å². The predicted molar refractivity (Wildman–Crippen MR) is 99.2 cm³/mol. The molecule has 2 aromatic rings. The summed E-state index contributed by atoms with van der Waals surface area (Å²) in [7, 11) is 0. The Bertz CT molecular complexity index is 725. The van der Waals surface area contributed by atoms with Gasteiger partial charge < -0.3 is 14.6 Å². The third-order valence-electron chi connectivity index (χ3n) is 4.09. The SMILES string of the molecule is CCOc1ccc(NC(=O)[C@H](C)Sc2nnc(C3CC3)n2CC)cc1. The Hall–Kier alpha value is -2.02. The minimum atomic E-state index is -0.256. The number of carbonyl (C=O) groups excluding carboxylic acids is 1. The second-order valence-corrected chi connectivity index (χ2v) is 7.37. The first kappa shape index (κ1) is 17.8. The number of nitrogens with one attached hydrogen (secondary N) is 1. The fourth-order valence-electron chi connectivity index (χ4n) is 2.58. The largest absolute Gasteiger partial charge is 0.494 e. The van der Waals surface area contributed by atoms with Crippen LogP contribution in [-0.4, -0.2) is 32.5 Å². The first-order valence-corrected chi connectivity index (χ1v) is 9.63. The van der Waals surface area contributed by atoms with Crippen LogP contribution in [0.2, 0.25) is 0 Å². The van der Waals surface area contributed by atoms with Crippen molar-refractivity contribution in [3.63, 3.8) is 0 Å². The molecular formula is C18H24N4O2S. The number of benzene rings is 1. The molecule has 1 atom stereocenters. The van der Waals surface area contributed by atoms with E-state index in [0.717, 1.165) is 29.0 Å². The number of amides is 1. The van der Waals surface area contributed by atoms with E-state index in [4.69, 9.17) is 4.74 Å². The maximum Gasteiger partial charge on any atom is 0.237 e. The Labute approximate surface area is 152 Å². The van der Waals surface area contributed by atoms with Gasteiger partial charge in [-0.25, -0.2) is 0 Å². The lowest BCUT2D eigenvalue weighted by atomic mass is 10.3. The summed E-state index contributed by atoms with van der Waals surface area (Å²) in [4.78, 5) is 12.5.